The van der Waals surface area contributed by atoms with Gasteiger partial charge in [-0.1, -0.05) is 19.8 Å². The molecule has 0 bridgehead atoms. The summed E-state index contributed by atoms with van der Waals surface area (Å²) >= 11 is 0. The molecule has 3 unspecified atom stereocenters. The first-order valence-electron chi connectivity index (χ1n) is 6.19. The molecule has 0 aromatic rings. The van der Waals surface area contributed by atoms with Crippen LogP contribution in [0.2, 0.25) is 0 Å². The Kier molecular flexibility index (Phi) is 5.22. The van der Waals surface area contributed by atoms with Crippen molar-refractivity contribution in [3.05, 3.63) is 0 Å². The molecule has 4 nitrogen and oxygen atoms in total. The minimum atomic E-state index is 0.00857. The van der Waals surface area contributed by atoms with Gasteiger partial charge in [0.15, 0.2) is 0 Å². The van der Waals surface area contributed by atoms with E-state index in [1.807, 2.05) is 18.7 Å². The number of methoxy groups -OCH3 is 1. The van der Waals surface area contributed by atoms with E-state index in [0.29, 0.717) is 6.61 Å². The van der Waals surface area contributed by atoms with Gasteiger partial charge in [-0.15, -0.1) is 0 Å². The van der Waals surface area contributed by atoms with E-state index in [9.17, 15) is 4.79 Å². The van der Waals surface area contributed by atoms with Crippen molar-refractivity contribution in [2.24, 2.45) is 0 Å². The van der Waals surface area contributed by atoms with Crippen molar-refractivity contribution in [2.45, 2.75) is 58.3 Å². The van der Waals surface area contributed by atoms with Gasteiger partial charge in [-0.2, -0.15) is 0 Å². The Morgan fingerprint density at radius 1 is 1.56 bits per heavy atom. The van der Waals surface area contributed by atoms with Gasteiger partial charge in [-0.25, -0.2) is 0 Å². The molecule has 0 spiro atoms. The number of carbonyl (C=O) groups is 1. The lowest BCUT2D eigenvalue weighted by Gasteiger charge is -2.27. The maximum absolute atomic E-state index is 12.1. The molecule has 0 radical (unpaired) electrons. The van der Waals surface area contributed by atoms with Crippen LogP contribution in [0.3, 0.4) is 0 Å². The second kappa shape index (κ2) is 6.21. The lowest BCUT2D eigenvalue weighted by molar-refractivity contribution is -0.132. The predicted molar refractivity (Wildman–Crippen MR) is 64.1 cm³/mol. The van der Waals surface area contributed by atoms with Gasteiger partial charge in [0.2, 0.25) is 5.91 Å². The van der Waals surface area contributed by atoms with Crippen LogP contribution in [0.1, 0.15) is 40.0 Å². The fraction of sp³-hybridized carbons (Fsp3) is 0.917. The molecule has 1 aliphatic heterocycles. The topological polar surface area (TPSA) is 41.6 Å². The quantitative estimate of drug-likeness (QED) is 0.746. The van der Waals surface area contributed by atoms with E-state index < -0.39 is 0 Å². The van der Waals surface area contributed by atoms with Crippen LogP contribution in [-0.2, 0) is 9.53 Å². The van der Waals surface area contributed by atoms with Crippen molar-refractivity contribution in [3.63, 3.8) is 0 Å². The first kappa shape index (κ1) is 13.5. The fourth-order valence-electron chi connectivity index (χ4n) is 2.35. The van der Waals surface area contributed by atoms with E-state index in [1.165, 1.54) is 0 Å². The van der Waals surface area contributed by atoms with E-state index in [-0.39, 0.29) is 24.2 Å². The molecule has 16 heavy (non-hydrogen) atoms. The maximum Gasteiger partial charge on any atom is 0.241 e. The number of hydrogen-bond donors (Lipinski definition) is 1. The van der Waals surface area contributed by atoms with Crippen molar-refractivity contribution >= 4 is 5.91 Å². The highest BCUT2D eigenvalue weighted by molar-refractivity contribution is 5.84. The third kappa shape index (κ3) is 2.95. The van der Waals surface area contributed by atoms with Crippen LogP contribution in [-0.4, -0.2) is 42.8 Å². The van der Waals surface area contributed by atoms with Crippen LogP contribution in [0.25, 0.3) is 0 Å². The highest BCUT2D eigenvalue weighted by atomic mass is 16.5. The van der Waals surface area contributed by atoms with Crippen LogP contribution in [0.5, 0.6) is 0 Å². The van der Waals surface area contributed by atoms with Crippen molar-refractivity contribution in [3.8, 4) is 0 Å². The number of hydrogen-bond acceptors (Lipinski definition) is 3. The fourth-order valence-corrected chi connectivity index (χ4v) is 2.35. The summed E-state index contributed by atoms with van der Waals surface area (Å²) < 4.78 is 5.11. The number of amides is 1. The summed E-state index contributed by atoms with van der Waals surface area (Å²) in [6, 6.07) is 0.154. The van der Waals surface area contributed by atoms with Crippen LogP contribution in [0.15, 0.2) is 0 Å². The minimum Gasteiger partial charge on any atom is -0.383 e. The zero-order chi connectivity index (χ0) is 12.1. The average Bonchev–Trinajstić information content (AvgIpc) is 2.51. The molecule has 0 aliphatic carbocycles. The predicted octanol–water partition coefficient (Wildman–Crippen LogP) is 1.36. The van der Waals surface area contributed by atoms with Crippen molar-refractivity contribution in [1.82, 2.24) is 10.2 Å². The second-order valence-corrected chi connectivity index (χ2v) is 4.59. The normalized spacial score (nSPS) is 27.5. The Hall–Kier alpha value is -0.610. The Morgan fingerprint density at radius 3 is 2.81 bits per heavy atom. The summed E-state index contributed by atoms with van der Waals surface area (Å²) in [5.41, 5.74) is 0. The first-order chi connectivity index (χ1) is 7.61. The third-order valence-corrected chi connectivity index (χ3v) is 3.14. The zero-order valence-electron chi connectivity index (χ0n) is 10.8. The summed E-state index contributed by atoms with van der Waals surface area (Å²) in [6.45, 7) is 6.81. The average molecular weight is 228 g/mol. The number of ether oxygens (including phenoxy) is 1. The molecule has 0 saturated carbocycles. The monoisotopic (exact) mass is 228 g/mol. The molecule has 1 saturated heterocycles. The summed E-state index contributed by atoms with van der Waals surface area (Å²) in [4.78, 5) is 14.1. The number of unbranched alkanes of at least 4 members (excludes halogenated alkanes) is 1. The van der Waals surface area contributed by atoms with Gasteiger partial charge >= 0.3 is 0 Å². The molecule has 0 aromatic heterocycles. The molecule has 94 valence electrons. The molecule has 4 heteroatoms. The van der Waals surface area contributed by atoms with Gasteiger partial charge in [0.25, 0.3) is 0 Å². The molecule has 1 fully saturated rings. The SMILES string of the molecule is CCCCC1NC(C)N(C(C)COC)C1=O. The number of nitrogens with zero attached hydrogens (tertiary/aromatic N) is 1. The molecule has 1 heterocycles. The molecular weight excluding hydrogens is 204 g/mol. The first-order valence-corrected chi connectivity index (χ1v) is 6.19. The molecular formula is C12H24N2O2. The lowest BCUT2D eigenvalue weighted by atomic mass is 10.1. The zero-order valence-corrected chi connectivity index (χ0v) is 10.8. The van der Waals surface area contributed by atoms with E-state index in [0.717, 1.165) is 19.3 Å². The Labute approximate surface area is 98.3 Å². The summed E-state index contributed by atoms with van der Waals surface area (Å²) in [5, 5.41) is 3.35. The van der Waals surface area contributed by atoms with E-state index >= 15 is 0 Å². The van der Waals surface area contributed by atoms with Gasteiger partial charge in [0.1, 0.15) is 0 Å². The third-order valence-electron chi connectivity index (χ3n) is 3.14. The Morgan fingerprint density at radius 2 is 2.25 bits per heavy atom. The highest BCUT2D eigenvalue weighted by Crippen LogP contribution is 2.18. The van der Waals surface area contributed by atoms with Crippen LogP contribution < -0.4 is 5.32 Å². The van der Waals surface area contributed by atoms with E-state index in [4.69, 9.17) is 4.74 Å². The number of nitrogens with one attached hydrogen (secondary N) is 1. The van der Waals surface area contributed by atoms with Crippen LogP contribution in [0, 0.1) is 0 Å². The van der Waals surface area contributed by atoms with Gasteiger partial charge in [-0.3, -0.25) is 10.1 Å². The lowest BCUT2D eigenvalue weighted by Crippen LogP contribution is -2.43. The molecule has 1 aliphatic rings. The molecule has 1 N–H and O–H groups in total. The standard InChI is InChI=1S/C12H24N2O2/c1-5-6-7-11-12(15)14(10(3)13-11)9(2)8-16-4/h9-11,13H,5-8H2,1-4H3. The van der Waals surface area contributed by atoms with Gasteiger partial charge in [-0.05, 0) is 20.3 Å². The minimum absolute atomic E-state index is 0.00857. The summed E-state index contributed by atoms with van der Waals surface area (Å²) in [7, 11) is 1.67. The van der Waals surface area contributed by atoms with Gasteiger partial charge in [0, 0.05) is 7.11 Å². The number of rotatable bonds is 6. The smallest absolute Gasteiger partial charge is 0.241 e. The summed E-state index contributed by atoms with van der Waals surface area (Å²) in [5.74, 6) is 0.227. The van der Waals surface area contributed by atoms with Gasteiger partial charge in [0.05, 0.1) is 24.9 Å². The second-order valence-electron chi connectivity index (χ2n) is 4.59. The largest absolute Gasteiger partial charge is 0.383 e. The van der Waals surface area contributed by atoms with E-state index in [2.05, 4.69) is 12.2 Å². The maximum atomic E-state index is 12.1. The van der Waals surface area contributed by atoms with Crippen LogP contribution in [0.4, 0.5) is 0 Å². The summed E-state index contributed by atoms with van der Waals surface area (Å²) in [6.07, 6.45) is 3.30. The van der Waals surface area contributed by atoms with Crippen LogP contribution >= 0.6 is 0 Å². The highest BCUT2D eigenvalue weighted by Gasteiger charge is 2.38. The van der Waals surface area contributed by atoms with Crippen molar-refractivity contribution < 1.29 is 9.53 Å². The molecule has 1 rings (SSSR count). The van der Waals surface area contributed by atoms with Gasteiger partial charge < -0.3 is 9.64 Å². The number of carbonyl (C=O) groups excluding carboxylic acids is 1. The Bertz CT molecular complexity index is 233. The molecule has 3 atom stereocenters. The van der Waals surface area contributed by atoms with Crippen molar-refractivity contribution in [1.29, 1.82) is 0 Å². The Balaban J connectivity index is 2.56. The molecule has 1 amide bonds. The molecule has 0 aromatic carbocycles. The van der Waals surface area contributed by atoms with Crippen molar-refractivity contribution in [2.75, 3.05) is 13.7 Å². The van der Waals surface area contributed by atoms with E-state index in [1.54, 1.807) is 7.11 Å².